The SMILES string of the molecule is CC(=O)O.CCn1c(C(C)=O)cc2c3c(ncn3C)c(C)nc21.CCn1c(C(C)=O)cc2c3c(ncn3C)c(C)nc21.CCn1c(C(C)=O)cc2c3c(ncn3C)c(N)nc21.Cl. The van der Waals surface area contributed by atoms with Crippen LogP contribution in [0.1, 0.15) is 91.3 Å². The molecule has 62 heavy (non-hydrogen) atoms. The Kier molecular flexibility index (Phi) is 13.4. The highest BCUT2D eigenvalue weighted by Crippen LogP contribution is 2.31. The van der Waals surface area contributed by atoms with E-state index in [1.807, 2.05) is 101 Å². The third-order valence-electron chi connectivity index (χ3n) is 10.5. The number of anilines is 1. The van der Waals surface area contributed by atoms with Gasteiger partial charge in [-0.05, 0) is 52.8 Å². The maximum atomic E-state index is 11.8. The number of nitrogens with two attached hydrogens (primary N) is 1. The van der Waals surface area contributed by atoms with Crippen LogP contribution in [-0.4, -0.2) is 85.7 Å². The monoisotopic (exact) mass is 865 g/mol. The lowest BCUT2D eigenvalue weighted by molar-refractivity contribution is -0.134. The number of aromatic nitrogens is 12. The molecule has 0 saturated heterocycles. The number of rotatable bonds is 6. The number of imidazole rings is 3. The minimum atomic E-state index is -0.833. The van der Waals surface area contributed by atoms with Crippen molar-refractivity contribution in [1.29, 1.82) is 0 Å². The van der Waals surface area contributed by atoms with Gasteiger partial charge in [-0.15, -0.1) is 12.4 Å². The standard InChI is InChI=1S/2C14H16N4O.C13H15N5O.C2H4O2.ClH/c2*1-5-18-11(9(3)19)6-10-13-12(15-7-17(13)4)8(2)16-14(10)18;1-4-18-9(7(2)19)5-8-11-10(15-6-17(11)3)12(14)16-13(8)18;1-2(3)4;/h2*6-7H,5H2,1-4H3;5-6H,4H2,1-3H3,(H2,14,16);1H3,(H,3,4);1H. The van der Waals surface area contributed by atoms with Crippen molar-refractivity contribution in [2.45, 2.75) is 81.9 Å². The van der Waals surface area contributed by atoms with E-state index in [9.17, 15) is 14.4 Å². The van der Waals surface area contributed by atoms with Crippen LogP contribution in [0.5, 0.6) is 0 Å². The fraction of sp³-hybridized carbons (Fsp3) is 0.349. The van der Waals surface area contributed by atoms with Crippen LogP contribution in [0, 0.1) is 13.8 Å². The molecule has 3 N–H and O–H groups in total. The van der Waals surface area contributed by atoms with Gasteiger partial charge in [-0.25, -0.2) is 29.9 Å². The van der Waals surface area contributed by atoms with Gasteiger partial charge < -0.3 is 38.2 Å². The average molecular weight is 866 g/mol. The largest absolute Gasteiger partial charge is 0.481 e. The Morgan fingerprint density at radius 2 is 0.823 bits per heavy atom. The highest BCUT2D eigenvalue weighted by molar-refractivity contribution is 6.10. The lowest BCUT2D eigenvalue weighted by Crippen LogP contribution is -2.06. The molecule has 9 aromatic rings. The number of aryl methyl sites for hydroxylation is 8. The van der Waals surface area contributed by atoms with Crippen LogP contribution in [0.2, 0.25) is 0 Å². The summed E-state index contributed by atoms with van der Waals surface area (Å²) < 4.78 is 11.7. The van der Waals surface area contributed by atoms with Gasteiger partial charge in [0, 0.05) is 84.6 Å². The van der Waals surface area contributed by atoms with E-state index in [1.54, 1.807) is 39.8 Å². The smallest absolute Gasteiger partial charge is 0.300 e. The number of carboxylic acid groups (broad SMARTS) is 1. The van der Waals surface area contributed by atoms with E-state index in [2.05, 4.69) is 29.9 Å². The topological polar surface area (TPSA) is 221 Å². The van der Waals surface area contributed by atoms with Gasteiger partial charge >= 0.3 is 0 Å². The number of nitrogens with zero attached hydrogens (tertiary/aromatic N) is 12. The van der Waals surface area contributed by atoms with Gasteiger partial charge in [0.15, 0.2) is 23.2 Å². The van der Waals surface area contributed by atoms with E-state index in [4.69, 9.17) is 15.6 Å². The van der Waals surface area contributed by atoms with Gasteiger partial charge in [0.05, 0.1) is 64.0 Å². The number of fused-ring (bicyclic) bond motifs is 9. The Balaban J connectivity index is 0.000000167. The van der Waals surface area contributed by atoms with Gasteiger partial charge in [-0.3, -0.25) is 19.2 Å². The summed E-state index contributed by atoms with van der Waals surface area (Å²) >= 11 is 0. The second-order valence-electron chi connectivity index (χ2n) is 14.8. The summed E-state index contributed by atoms with van der Waals surface area (Å²) in [7, 11) is 5.83. The van der Waals surface area contributed by atoms with Crippen LogP contribution in [0.3, 0.4) is 0 Å². The number of carboxylic acids is 1. The second kappa shape index (κ2) is 18.0. The van der Waals surface area contributed by atoms with Crippen molar-refractivity contribution in [3.63, 3.8) is 0 Å². The quantitative estimate of drug-likeness (QED) is 0.159. The summed E-state index contributed by atoms with van der Waals surface area (Å²) in [5.74, 6) is -0.291. The summed E-state index contributed by atoms with van der Waals surface area (Å²) in [6, 6.07) is 5.73. The molecule has 9 heterocycles. The molecular formula is C43H52ClN13O5. The Morgan fingerprint density at radius 1 is 0.548 bits per heavy atom. The third kappa shape index (κ3) is 8.00. The third-order valence-corrected chi connectivity index (χ3v) is 10.5. The van der Waals surface area contributed by atoms with E-state index in [0.717, 1.165) is 92.1 Å². The zero-order valence-corrected chi connectivity index (χ0v) is 37.8. The Labute approximate surface area is 362 Å². The van der Waals surface area contributed by atoms with Crippen molar-refractivity contribution < 1.29 is 24.3 Å². The predicted octanol–water partition coefficient (Wildman–Crippen LogP) is 7.15. The number of carbonyl (C=O) groups excluding carboxylic acids is 3. The lowest BCUT2D eigenvalue weighted by atomic mass is 10.2. The number of Topliss-reactive ketones (excluding diaryl/α,β-unsaturated/α-hetero) is 3. The maximum Gasteiger partial charge on any atom is 0.300 e. The fourth-order valence-electron chi connectivity index (χ4n) is 7.89. The Morgan fingerprint density at radius 3 is 1.11 bits per heavy atom. The summed E-state index contributed by atoms with van der Waals surface area (Å²) in [4.78, 5) is 71.0. The van der Waals surface area contributed by atoms with Crippen molar-refractivity contribution in [3.05, 3.63) is 65.7 Å². The van der Waals surface area contributed by atoms with Crippen LogP contribution < -0.4 is 5.73 Å². The first kappa shape index (κ1) is 46.1. The van der Waals surface area contributed by atoms with Crippen LogP contribution >= 0.6 is 12.4 Å². The van der Waals surface area contributed by atoms with Crippen molar-refractivity contribution >= 4 is 108 Å². The molecule has 0 spiro atoms. The second-order valence-corrected chi connectivity index (χ2v) is 14.8. The van der Waals surface area contributed by atoms with Crippen LogP contribution in [0.4, 0.5) is 5.82 Å². The van der Waals surface area contributed by atoms with Crippen molar-refractivity contribution in [2.24, 2.45) is 21.1 Å². The van der Waals surface area contributed by atoms with Gasteiger partial charge in [0.25, 0.3) is 5.97 Å². The molecule has 0 aliphatic heterocycles. The van der Waals surface area contributed by atoms with E-state index < -0.39 is 5.97 Å². The Bertz CT molecular complexity index is 2880. The number of pyridine rings is 3. The van der Waals surface area contributed by atoms with Crippen LogP contribution in [-0.2, 0) is 45.6 Å². The molecule has 326 valence electrons. The first-order valence-electron chi connectivity index (χ1n) is 19.8. The number of hydrogen-bond donors (Lipinski definition) is 2. The average Bonchev–Trinajstić information content (AvgIpc) is 4.05. The van der Waals surface area contributed by atoms with Crippen LogP contribution in [0.25, 0.3) is 66.2 Å². The number of ketones is 3. The summed E-state index contributed by atoms with van der Waals surface area (Å²) in [5.41, 5.74) is 17.7. The highest BCUT2D eigenvalue weighted by Gasteiger charge is 2.21. The first-order valence-corrected chi connectivity index (χ1v) is 19.8. The zero-order valence-electron chi connectivity index (χ0n) is 37.0. The molecule has 0 unspecified atom stereocenters. The van der Waals surface area contributed by atoms with Gasteiger partial charge in [-0.1, -0.05) is 0 Å². The van der Waals surface area contributed by atoms with E-state index in [1.165, 1.54) is 0 Å². The maximum absolute atomic E-state index is 11.8. The predicted molar refractivity (Wildman–Crippen MR) is 243 cm³/mol. The number of hydrogen-bond acceptors (Lipinski definition) is 11. The number of nitrogen functional groups attached to an aromatic ring is 1. The molecule has 9 aromatic heterocycles. The molecule has 18 nitrogen and oxygen atoms in total. The molecule has 0 amide bonds. The van der Waals surface area contributed by atoms with Crippen LogP contribution in [0.15, 0.2) is 37.2 Å². The van der Waals surface area contributed by atoms with E-state index in [0.29, 0.717) is 35.0 Å². The van der Waals surface area contributed by atoms with Gasteiger partial charge in [0.2, 0.25) is 0 Å². The van der Waals surface area contributed by atoms with E-state index in [-0.39, 0.29) is 29.8 Å². The van der Waals surface area contributed by atoms with Crippen molar-refractivity contribution in [2.75, 3.05) is 5.73 Å². The lowest BCUT2D eigenvalue weighted by Gasteiger charge is -2.05. The normalized spacial score (nSPS) is 11.0. The molecule has 9 rings (SSSR count). The Hall–Kier alpha value is -6.95. The summed E-state index contributed by atoms with van der Waals surface area (Å²) in [5, 5.41) is 10.3. The highest BCUT2D eigenvalue weighted by atomic mass is 35.5. The molecule has 0 aromatic carbocycles. The van der Waals surface area contributed by atoms with Crippen molar-refractivity contribution in [1.82, 2.24) is 57.3 Å². The molecule has 0 radical (unpaired) electrons. The zero-order chi connectivity index (χ0) is 44.8. The first-order chi connectivity index (χ1) is 28.9. The molecule has 19 heteroatoms. The summed E-state index contributed by atoms with van der Waals surface area (Å²) in [6.45, 7) is 17.9. The number of carbonyl (C=O) groups is 4. The molecule has 0 saturated carbocycles. The molecule has 0 bridgehead atoms. The fourth-order valence-corrected chi connectivity index (χ4v) is 7.89. The molecule has 0 aliphatic rings. The summed E-state index contributed by atoms with van der Waals surface area (Å²) in [6.07, 6.45) is 5.28. The molecule has 0 fully saturated rings. The number of halogens is 1. The number of aliphatic carboxylic acids is 1. The van der Waals surface area contributed by atoms with E-state index >= 15 is 0 Å². The minimum Gasteiger partial charge on any atom is -0.481 e. The minimum absolute atomic E-state index is 0. The molecule has 0 atom stereocenters. The van der Waals surface area contributed by atoms with Gasteiger partial charge in [-0.2, -0.15) is 0 Å². The molecule has 0 aliphatic carbocycles. The molecular weight excluding hydrogens is 814 g/mol. The van der Waals surface area contributed by atoms with Gasteiger partial charge in [0.1, 0.15) is 33.5 Å². The van der Waals surface area contributed by atoms with Crippen molar-refractivity contribution in [3.8, 4) is 0 Å².